The highest BCUT2D eigenvalue weighted by Gasteiger charge is 2.22. The first-order valence-corrected chi connectivity index (χ1v) is 8.32. The van der Waals surface area contributed by atoms with E-state index in [1.165, 1.54) is 17.8 Å². The predicted octanol–water partition coefficient (Wildman–Crippen LogP) is 5.30. The maximum absolute atomic E-state index is 13.4. The minimum absolute atomic E-state index is 0.0320. The van der Waals surface area contributed by atoms with Crippen LogP contribution in [0.3, 0.4) is 0 Å². The van der Waals surface area contributed by atoms with E-state index in [1.807, 2.05) is 31.2 Å². The number of thioether (sulfide) groups is 1. The van der Waals surface area contributed by atoms with Gasteiger partial charge in [0.05, 0.1) is 5.25 Å². The van der Waals surface area contributed by atoms with Crippen LogP contribution in [0.15, 0.2) is 51.8 Å². The fourth-order valence-corrected chi connectivity index (χ4v) is 3.99. The van der Waals surface area contributed by atoms with Crippen molar-refractivity contribution in [3.05, 3.63) is 64.1 Å². The van der Waals surface area contributed by atoms with Gasteiger partial charge in [-0.3, -0.25) is 0 Å². The molecule has 112 valence electrons. The Hall–Kier alpha value is -0.910. The number of halogens is 3. The van der Waals surface area contributed by atoms with E-state index >= 15 is 0 Å². The van der Waals surface area contributed by atoms with Crippen LogP contribution in [0.5, 0.6) is 0 Å². The van der Waals surface area contributed by atoms with E-state index in [0.717, 1.165) is 22.5 Å². The second kappa shape index (κ2) is 7.38. The number of hydrogen-bond acceptors (Lipinski definition) is 2. The van der Waals surface area contributed by atoms with Crippen molar-refractivity contribution in [2.75, 3.05) is 0 Å². The minimum atomic E-state index is -0.837. The molecule has 0 saturated heterocycles. The Bertz CT molecular complexity index is 621. The third-order valence-corrected chi connectivity index (χ3v) is 5.33. The highest BCUT2D eigenvalue weighted by atomic mass is 79.9. The third-order valence-electron chi connectivity index (χ3n) is 3.23. The molecule has 0 saturated carbocycles. The summed E-state index contributed by atoms with van der Waals surface area (Å²) >= 11 is 4.98. The standard InChI is InChI=1S/C16H16BrF2NS/c1-2-15(20)16(11-5-3-4-6-12(11)17)21-10-7-8-13(18)14(19)9-10/h3-9,15-16H,2,20H2,1H3. The monoisotopic (exact) mass is 371 g/mol. The number of rotatable bonds is 5. The minimum Gasteiger partial charge on any atom is -0.326 e. The van der Waals surface area contributed by atoms with E-state index in [4.69, 9.17) is 5.73 Å². The average molecular weight is 372 g/mol. The predicted molar refractivity (Wildman–Crippen MR) is 87.4 cm³/mol. The normalized spacial score (nSPS) is 14.0. The number of benzene rings is 2. The van der Waals surface area contributed by atoms with Crippen LogP contribution in [0.4, 0.5) is 8.78 Å². The molecule has 0 aliphatic rings. The van der Waals surface area contributed by atoms with Crippen LogP contribution in [-0.2, 0) is 0 Å². The Morgan fingerprint density at radius 1 is 1.14 bits per heavy atom. The summed E-state index contributed by atoms with van der Waals surface area (Å²) < 4.78 is 27.4. The van der Waals surface area contributed by atoms with Crippen molar-refractivity contribution in [1.82, 2.24) is 0 Å². The fourth-order valence-electron chi connectivity index (χ4n) is 2.00. The van der Waals surface area contributed by atoms with E-state index in [2.05, 4.69) is 15.9 Å². The highest BCUT2D eigenvalue weighted by molar-refractivity contribution is 9.10. The molecule has 2 aromatic rings. The van der Waals surface area contributed by atoms with Gasteiger partial charge in [0.25, 0.3) is 0 Å². The second-order valence-electron chi connectivity index (χ2n) is 4.71. The topological polar surface area (TPSA) is 26.0 Å². The van der Waals surface area contributed by atoms with E-state index in [0.29, 0.717) is 4.90 Å². The molecule has 21 heavy (non-hydrogen) atoms. The van der Waals surface area contributed by atoms with Crippen molar-refractivity contribution >= 4 is 27.7 Å². The first kappa shape index (κ1) is 16.5. The van der Waals surface area contributed by atoms with Gasteiger partial charge in [0.2, 0.25) is 0 Å². The molecule has 0 radical (unpaired) electrons. The molecule has 0 fully saturated rings. The Morgan fingerprint density at radius 3 is 2.48 bits per heavy atom. The summed E-state index contributed by atoms with van der Waals surface area (Å²) in [6.45, 7) is 2.01. The maximum atomic E-state index is 13.4. The molecule has 0 aliphatic heterocycles. The van der Waals surface area contributed by atoms with Crippen LogP contribution in [0.1, 0.15) is 24.2 Å². The first-order valence-electron chi connectivity index (χ1n) is 6.64. The first-order chi connectivity index (χ1) is 10.0. The molecular weight excluding hydrogens is 356 g/mol. The van der Waals surface area contributed by atoms with Gasteiger partial charge in [-0.2, -0.15) is 0 Å². The van der Waals surface area contributed by atoms with E-state index in [1.54, 1.807) is 6.07 Å². The van der Waals surface area contributed by atoms with Gasteiger partial charge in [-0.15, -0.1) is 11.8 Å². The zero-order chi connectivity index (χ0) is 15.4. The van der Waals surface area contributed by atoms with Crippen LogP contribution >= 0.6 is 27.7 Å². The van der Waals surface area contributed by atoms with Crippen molar-refractivity contribution in [3.63, 3.8) is 0 Å². The van der Waals surface area contributed by atoms with Crippen molar-refractivity contribution in [2.24, 2.45) is 5.73 Å². The largest absolute Gasteiger partial charge is 0.326 e. The van der Waals surface area contributed by atoms with E-state index in [9.17, 15) is 8.78 Å². The molecule has 0 spiro atoms. The third kappa shape index (κ3) is 4.05. The lowest BCUT2D eigenvalue weighted by Gasteiger charge is -2.24. The zero-order valence-electron chi connectivity index (χ0n) is 11.5. The molecule has 0 aliphatic carbocycles. The lowest BCUT2D eigenvalue weighted by molar-refractivity contribution is 0.505. The van der Waals surface area contributed by atoms with Gasteiger partial charge < -0.3 is 5.73 Å². The summed E-state index contributed by atoms with van der Waals surface area (Å²) in [4.78, 5) is 0.665. The van der Waals surface area contributed by atoms with Crippen molar-refractivity contribution in [2.45, 2.75) is 29.5 Å². The van der Waals surface area contributed by atoms with Crippen molar-refractivity contribution < 1.29 is 8.78 Å². The smallest absolute Gasteiger partial charge is 0.159 e. The quantitative estimate of drug-likeness (QED) is 0.721. The molecule has 2 unspecified atom stereocenters. The van der Waals surface area contributed by atoms with Crippen molar-refractivity contribution in [3.8, 4) is 0 Å². The summed E-state index contributed by atoms with van der Waals surface area (Å²) in [6, 6.07) is 11.7. The highest BCUT2D eigenvalue weighted by Crippen LogP contribution is 2.41. The van der Waals surface area contributed by atoms with Gasteiger partial charge in [-0.25, -0.2) is 8.78 Å². The molecule has 2 atom stereocenters. The Labute approximate surface area is 136 Å². The van der Waals surface area contributed by atoms with Crippen LogP contribution in [0.25, 0.3) is 0 Å². The van der Waals surface area contributed by atoms with E-state index < -0.39 is 11.6 Å². The van der Waals surface area contributed by atoms with Crippen molar-refractivity contribution in [1.29, 1.82) is 0 Å². The molecule has 2 N–H and O–H groups in total. The molecule has 2 rings (SSSR count). The van der Waals surface area contributed by atoms with Crippen LogP contribution in [0.2, 0.25) is 0 Å². The van der Waals surface area contributed by atoms with Gasteiger partial charge in [0.15, 0.2) is 11.6 Å². The SMILES string of the molecule is CCC(N)C(Sc1ccc(F)c(F)c1)c1ccccc1Br. The molecule has 1 nitrogen and oxygen atoms in total. The Balaban J connectivity index is 2.33. The summed E-state index contributed by atoms with van der Waals surface area (Å²) in [7, 11) is 0. The maximum Gasteiger partial charge on any atom is 0.159 e. The van der Waals surface area contributed by atoms with Crippen LogP contribution in [-0.4, -0.2) is 6.04 Å². The molecule has 0 bridgehead atoms. The number of hydrogen-bond donors (Lipinski definition) is 1. The summed E-state index contributed by atoms with van der Waals surface area (Å²) in [5, 5.41) is -0.0320. The fraction of sp³-hybridized carbons (Fsp3) is 0.250. The van der Waals surface area contributed by atoms with Gasteiger partial charge in [-0.1, -0.05) is 41.1 Å². The lowest BCUT2D eigenvalue weighted by atomic mass is 10.0. The lowest BCUT2D eigenvalue weighted by Crippen LogP contribution is -2.25. The van der Waals surface area contributed by atoms with Gasteiger partial charge in [-0.05, 0) is 36.2 Å². The van der Waals surface area contributed by atoms with Gasteiger partial charge in [0.1, 0.15) is 0 Å². The molecule has 5 heteroatoms. The summed E-state index contributed by atoms with van der Waals surface area (Å²) in [5.74, 6) is -1.67. The number of nitrogens with two attached hydrogens (primary N) is 1. The zero-order valence-corrected chi connectivity index (χ0v) is 13.9. The van der Waals surface area contributed by atoms with Gasteiger partial charge >= 0.3 is 0 Å². The van der Waals surface area contributed by atoms with E-state index in [-0.39, 0.29) is 11.3 Å². The molecule has 2 aromatic carbocycles. The average Bonchev–Trinajstić information content (AvgIpc) is 2.48. The Kier molecular flexibility index (Phi) is 5.79. The summed E-state index contributed by atoms with van der Waals surface area (Å²) in [5.41, 5.74) is 7.28. The molecule has 0 amide bonds. The van der Waals surface area contributed by atoms with Crippen LogP contribution < -0.4 is 5.73 Å². The van der Waals surface area contributed by atoms with Crippen LogP contribution in [0, 0.1) is 11.6 Å². The van der Waals surface area contributed by atoms with Gasteiger partial charge in [0, 0.05) is 15.4 Å². The molecule has 0 heterocycles. The second-order valence-corrected chi connectivity index (χ2v) is 6.78. The molecular formula is C16H16BrF2NS. The molecule has 0 aromatic heterocycles. The Morgan fingerprint density at radius 2 is 1.86 bits per heavy atom. The summed E-state index contributed by atoms with van der Waals surface area (Å²) in [6.07, 6.45) is 0.794.